The van der Waals surface area contributed by atoms with Gasteiger partial charge in [0.15, 0.2) is 6.54 Å². The van der Waals surface area contributed by atoms with Crippen LogP contribution in [0.25, 0.3) is 10.2 Å². The molecular formula is C21H25ClN3O2S+. The molecule has 0 aliphatic rings. The van der Waals surface area contributed by atoms with E-state index in [-0.39, 0.29) is 11.9 Å². The summed E-state index contributed by atoms with van der Waals surface area (Å²) in [6.45, 7) is 3.05. The summed E-state index contributed by atoms with van der Waals surface area (Å²) in [5.74, 6) is 0.859. The SMILES string of the molecule is COc1ccc(Cl)cc1C[NH+](C)CC(=O)N(C)[C@@H](C)c1nc2ccccc2s1. The van der Waals surface area contributed by atoms with Crippen LogP contribution < -0.4 is 9.64 Å². The van der Waals surface area contributed by atoms with Crippen molar-refractivity contribution >= 4 is 39.1 Å². The minimum Gasteiger partial charge on any atom is -0.496 e. The average molecular weight is 419 g/mol. The number of thiazole rings is 1. The molecule has 0 aliphatic carbocycles. The van der Waals surface area contributed by atoms with E-state index in [1.807, 2.05) is 51.4 Å². The summed E-state index contributed by atoms with van der Waals surface area (Å²) in [6, 6.07) is 13.5. The minimum atomic E-state index is -0.0709. The van der Waals surface area contributed by atoms with Crippen molar-refractivity contribution < 1.29 is 14.4 Å². The number of benzene rings is 2. The number of hydrogen-bond acceptors (Lipinski definition) is 4. The van der Waals surface area contributed by atoms with E-state index < -0.39 is 0 Å². The van der Waals surface area contributed by atoms with Gasteiger partial charge in [-0.15, -0.1) is 11.3 Å². The van der Waals surface area contributed by atoms with Crippen LogP contribution in [-0.2, 0) is 11.3 Å². The zero-order valence-electron chi connectivity index (χ0n) is 16.5. The lowest BCUT2D eigenvalue weighted by Crippen LogP contribution is -3.08. The molecule has 1 heterocycles. The Morgan fingerprint density at radius 3 is 2.79 bits per heavy atom. The standard InChI is InChI=1S/C21H24ClN3O2S/c1-14(21-23-17-7-5-6-8-19(17)28-21)25(3)20(26)13-24(2)12-15-11-16(22)9-10-18(15)27-4/h5-11,14H,12-13H2,1-4H3/p+1/t14-/m0/s1. The van der Waals surface area contributed by atoms with Crippen LogP contribution in [0.15, 0.2) is 42.5 Å². The second kappa shape index (κ2) is 8.90. The first kappa shape index (κ1) is 20.6. The predicted molar refractivity (Wildman–Crippen MR) is 114 cm³/mol. The van der Waals surface area contributed by atoms with Gasteiger partial charge in [-0.05, 0) is 37.3 Å². The summed E-state index contributed by atoms with van der Waals surface area (Å²) in [4.78, 5) is 20.3. The zero-order chi connectivity index (χ0) is 20.3. The number of amides is 1. The van der Waals surface area contributed by atoms with Crippen LogP contribution in [-0.4, -0.2) is 43.5 Å². The Hall–Kier alpha value is -2.15. The Morgan fingerprint density at radius 1 is 1.32 bits per heavy atom. The van der Waals surface area contributed by atoms with Gasteiger partial charge in [0.05, 0.1) is 30.4 Å². The Morgan fingerprint density at radius 2 is 2.07 bits per heavy atom. The summed E-state index contributed by atoms with van der Waals surface area (Å²) < 4.78 is 6.54. The molecule has 3 aromatic rings. The van der Waals surface area contributed by atoms with Gasteiger partial charge in [-0.25, -0.2) is 4.98 Å². The number of ether oxygens (including phenoxy) is 1. The molecule has 1 unspecified atom stereocenters. The maximum Gasteiger partial charge on any atom is 0.278 e. The molecule has 2 aromatic carbocycles. The maximum atomic E-state index is 12.8. The third kappa shape index (κ3) is 4.63. The van der Waals surface area contributed by atoms with Crippen LogP contribution in [0.4, 0.5) is 0 Å². The lowest BCUT2D eigenvalue weighted by Gasteiger charge is -2.25. The molecule has 3 rings (SSSR count). The van der Waals surface area contributed by atoms with Crippen molar-refractivity contribution in [2.75, 3.05) is 27.7 Å². The van der Waals surface area contributed by atoms with Crippen molar-refractivity contribution in [3.63, 3.8) is 0 Å². The monoisotopic (exact) mass is 418 g/mol. The van der Waals surface area contributed by atoms with E-state index in [4.69, 9.17) is 16.3 Å². The van der Waals surface area contributed by atoms with Crippen LogP contribution in [0.3, 0.4) is 0 Å². The van der Waals surface area contributed by atoms with Gasteiger partial charge in [0.2, 0.25) is 0 Å². The molecule has 0 saturated carbocycles. The molecule has 148 valence electrons. The number of nitrogens with one attached hydrogen (secondary N) is 1. The first-order valence-corrected chi connectivity index (χ1v) is 10.3. The van der Waals surface area contributed by atoms with Crippen molar-refractivity contribution in [3.05, 3.63) is 58.1 Å². The van der Waals surface area contributed by atoms with Crippen LogP contribution >= 0.6 is 22.9 Å². The fourth-order valence-electron chi connectivity index (χ4n) is 3.11. The summed E-state index contributed by atoms with van der Waals surface area (Å²) >= 11 is 7.75. The van der Waals surface area contributed by atoms with Gasteiger partial charge in [-0.2, -0.15) is 0 Å². The third-order valence-electron chi connectivity index (χ3n) is 4.83. The van der Waals surface area contributed by atoms with E-state index in [2.05, 4.69) is 11.1 Å². The van der Waals surface area contributed by atoms with Gasteiger partial charge in [0.25, 0.3) is 5.91 Å². The van der Waals surface area contributed by atoms with Gasteiger partial charge in [0, 0.05) is 17.6 Å². The molecule has 0 aliphatic heterocycles. The number of halogens is 1. The fraction of sp³-hybridized carbons (Fsp3) is 0.333. The lowest BCUT2D eigenvalue weighted by molar-refractivity contribution is -0.885. The van der Waals surface area contributed by atoms with Crippen molar-refractivity contribution in [1.82, 2.24) is 9.88 Å². The van der Waals surface area contributed by atoms with Crippen molar-refractivity contribution in [2.24, 2.45) is 0 Å². The minimum absolute atomic E-state index is 0.0709. The van der Waals surface area contributed by atoms with E-state index in [0.717, 1.165) is 31.4 Å². The molecular weight excluding hydrogens is 394 g/mol. The number of para-hydroxylation sites is 1. The quantitative estimate of drug-likeness (QED) is 0.641. The van der Waals surface area contributed by atoms with Gasteiger partial charge in [-0.3, -0.25) is 4.79 Å². The Labute approximate surface area is 174 Å². The molecule has 5 nitrogen and oxygen atoms in total. The number of carbonyl (C=O) groups is 1. The Kier molecular flexibility index (Phi) is 6.54. The Balaban J connectivity index is 1.65. The van der Waals surface area contributed by atoms with Crippen molar-refractivity contribution in [1.29, 1.82) is 0 Å². The molecule has 0 fully saturated rings. The van der Waals surface area contributed by atoms with E-state index in [0.29, 0.717) is 18.1 Å². The summed E-state index contributed by atoms with van der Waals surface area (Å²) in [6.07, 6.45) is 0. The highest BCUT2D eigenvalue weighted by molar-refractivity contribution is 7.18. The van der Waals surface area contributed by atoms with Crippen LogP contribution in [0.2, 0.25) is 5.02 Å². The number of hydrogen-bond donors (Lipinski definition) is 1. The second-order valence-corrected chi connectivity index (χ2v) is 8.47. The maximum absolute atomic E-state index is 12.8. The topological polar surface area (TPSA) is 46.9 Å². The number of nitrogens with zero attached hydrogens (tertiary/aromatic N) is 2. The highest BCUT2D eigenvalue weighted by atomic mass is 35.5. The largest absolute Gasteiger partial charge is 0.496 e. The average Bonchev–Trinajstić information content (AvgIpc) is 3.11. The van der Waals surface area contributed by atoms with Crippen LogP contribution in [0, 0.1) is 0 Å². The lowest BCUT2D eigenvalue weighted by atomic mass is 10.2. The number of aromatic nitrogens is 1. The van der Waals surface area contributed by atoms with Gasteiger partial charge < -0.3 is 14.5 Å². The fourth-order valence-corrected chi connectivity index (χ4v) is 4.36. The van der Waals surface area contributed by atoms with Crippen molar-refractivity contribution in [2.45, 2.75) is 19.5 Å². The summed E-state index contributed by atoms with van der Waals surface area (Å²) in [5.41, 5.74) is 1.97. The number of rotatable bonds is 7. The summed E-state index contributed by atoms with van der Waals surface area (Å²) in [5, 5.41) is 1.61. The molecule has 0 bridgehead atoms. The number of quaternary nitrogens is 1. The highest BCUT2D eigenvalue weighted by Gasteiger charge is 2.23. The number of methoxy groups -OCH3 is 1. The molecule has 1 aromatic heterocycles. The first-order chi connectivity index (χ1) is 13.4. The van der Waals surface area contributed by atoms with E-state index in [1.54, 1.807) is 29.4 Å². The molecule has 1 N–H and O–H groups in total. The van der Waals surface area contributed by atoms with Crippen molar-refractivity contribution in [3.8, 4) is 5.75 Å². The van der Waals surface area contributed by atoms with Crippen LogP contribution in [0.1, 0.15) is 23.5 Å². The van der Waals surface area contributed by atoms with Gasteiger partial charge >= 0.3 is 0 Å². The first-order valence-electron chi connectivity index (χ1n) is 9.14. The van der Waals surface area contributed by atoms with Gasteiger partial charge in [0.1, 0.15) is 17.3 Å². The molecule has 0 saturated heterocycles. The molecule has 0 spiro atoms. The van der Waals surface area contributed by atoms with E-state index in [1.165, 1.54) is 0 Å². The number of fused-ring (bicyclic) bond motifs is 1. The van der Waals surface area contributed by atoms with Gasteiger partial charge in [-0.1, -0.05) is 23.7 Å². The number of carbonyl (C=O) groups excluding carboxylic acids is 1. The third-order valence-corrected chi connectivity index (χ3v) is 6.27. The number of likely N-dealkylation sites (N-methyl/N-ethyl adjacent to an activating group) is 2. The Bertz CT molecular complexity index is 942. The zero-order valence-corrected chi connectivity index (χ0v) is 18.1. The summed E-state index contributed by atoms with van der Waals surface area (Å²) in [7, 11) is 5.47. The van der Waals surface area contributed by atoms with Crippen LogP contribution in [0.5, 0.6) is 5.75 Å². The molecule has 1 amide bonds. The molecule has 7 heteroatoms. The second-order valence-electron chi connectivity index (χ2n) is 6.97. The predicted octanol–water partition coefficient (Wildman–Crippen LogP) is 3.19. The smallest absolute Gasteiger partial charge is 0.278 e. The molecule has 2 atom stereocenters. The molecule has 0 radical (unpaired) electrons. The normalized spacial score (nSPS) is 13.3. The molecule has 28 heavy (non-hydrogen) atoms. The van der Waals surface area contributed by atoms with E-state index >= 15 is 0 Å². The van der Waals surface area contributed by atoms with E-state index in [9.17, 15) is 4.79 Å². The highest BCUT2D eigenvalue weighted by Crippen LogP contribution is 2.28.